The Balaban J connectivity index is 2.07. The molecule has 0 aliphatic rings. The summed E-state index contributed by atoms with van der Waals surface area (Å²) in [5.41, 5.74) is 3.06. The number of benzene rings is 2. The van der Waals surface area contributed by atoms with E-state index in [0.717, 1.165) is 5.56 Å². The molecule has 0 amide bonds. The maximum atomic E-state index is 13.1. The molecule has 2 rings (SSSR count). The smallest absolute Gasteiger partial charge is 0.126 e. The molecule has 0 radical (unpaired) electrons. The summed E-state index contributed by atoms with van der Waals surface area (Å²) in [6.45, 7) is 2.70. The van der Waals surface area contributed by atoms with Crippen molar-refractivity contribution in [3.8, 4) is 0 Å². The van der Waals surface area contributed by atoms with Crippen LogP contribution in [0.15, 0.2) is 42.5 Å². The zero-order valence-corrected chi connectivity index (χ0v) is 10.3. The molecule has 0 aliphatic carbocycles. The maximum Gasteiger partial charge on any atom is 0.126 e. The van der Waals surface area contributed by atoms with Crippen LogP contribution < -0.4 is 5.32 Å². The van der Waals surface area contributed by atoms with Gasteiger partial charge in [0.05, 0.1) is 0 Å². The first kappa shape index (κ1) is 11.9. The summed E-state index contributed by atoms with van der Waals surface area (Å²) in [5.74, 6) is -0.329. The van der Waals surface area contributed by atoms with Gasteiger partial charge >= 0.3 is 0 Å². The number of aryl methyl sites for hydroxylation is 1. The monoisotopic (exact) mass is 249 g/mol. The summed E-state index contributed by atoms with van der Waals surface area (Å²) in [6, 6.07) is 12.6. The number of nitrogens with one attached hydrogen (secondary N) is 1. The van der Waals surface area contributed by atoms with Crippen molar-refractivity contribution in [2.45, 2.75) is 13.5 Å². The van der Waals surface area contributed by atoms with E-state index in [1.807, 2.05) is 25.1 Å². The van der Waals surface area contributed by atoms with Crippen LogP contribution in [-0.2, 0) is 6.54 Å². The van der Waals surface area contributed by atoms with Crippen LogP contribution in [0, 0.1) is 12.7 Å². The van der Waals surface area contributed by atoms with E-state index in [1.165, 1.54) is 17.7 Å². The molecule has 3 heteroatoms. The Morgan fingerprint density at radius 2 is 2.00 bits per heavy atom. The molecule has 1 nitrogen and oxygen atoms in total. The van der Waals surface area contributed by atoms with E-state index in [2.05, 4.69) is 11.4 Å². The van der Waals surface area contributed by atoms with E-state index in [1.54, 1.807) is 6.07 Å². The Kier molecular flexibility index (Phi) is 3.64. The van der Waals surface area contributed by atoms with Gasteiger partial charge < -0.3 is 5.32 Å². The van der Waals surface area contributed by atoms with Crippen LogP contribution >= 0.6 is 11.6 Å². The average molecular weight is 250 g/mol. The molecule has 2 aromatic carbocycles. The van der Waals surface area contributed by atoms with Crippen LogP contribution in [0.1, 0.15) is 11.1 Å². The predicted molar refractivity (Wildman–Crippen MR) is 69.9 cm³/mol. The molecule has 0 aliphatic heterocycles. The Bertz CT molecular complexity index is 505. The Hall–Kier alpha value is -1.54. The van der Waals surface area contributed by atoms with Gasteiger partial charge in [-0.15, -0.1) is 0 Å². The van der Waals surface area contributed by atoms with E-state index < -0.39 is 0 Å². The molecule has 0 atom stereocenters. The van der Waals surface area contributed by atoms with Crippen molar-refractivity contribution in [2.24, 2.45) is 0 Å². The second kappa shape index (κ2) is 5.19. The van der Waals surface area contributed by atoms with Crippen molar-refractivity contribution in [3.05, 3.63) is 64.4 Å². The lowest BCUT2D eigenvalue weighted by Crippen LogP contribution is -1.99. The lowest BCUT2D eigenvalue weighted by atomic mass is 10.1. The average Bonchev–Trinajstić information content (AvgIpc) is 2.25. The fraction of sp³-hybridized carbons (Fsp3) is 0.143. The van der Waals surface area contributed by atoms with Gasteiger partial charge in [-0.3, -0.25) is 0 Å². The van der Waals surface area contributed by atoms with Crippen LogP contribution in [0.2, 0.25) is 5.02 Å². The zero-order valence-electron chi connectivity index (χ0n) is 9.50. The quantitative estimate of drug-likeness (QED) is 0.850. The zero-order chi connectivity index (χ0) is 12.3. The van der Waals surface area contributed by atoms with E-state index in [-0.39, 0.29) is 5.82 Å². The van der Waals surface area contributed by atoms with Crippen LogP contribution in [0.25, 0.3) is 0 Å². The van der Waals surface area contributed by atoms with Crippen molar-refractivity contribution in [1.82, 2.24) is 0 Å². The van der Waals surface area contributed by atoms with Crippen LogP contribution in [0.4, 0.5) is 10.1 Å². The van der Waals surface area contributed by atoms with Crippen LogP contribution in [0.5, 0.6) is 0 Å². The molecule has 0 fully saturated rings. The van der Waals surface area contributed by atoms with E-state index in [9.17, 15) is 4.39 Å². The Morgan fingerprint density at radius 1 is 1.18 bits per heavy atom. The standard InChI is InChI=1S/C14H13ClFN/c1-10-3-2-4-11(5-10)9-17-14-7-12(15)6-13(16)8-14/h2-8,17H,9H2,1H3. The van der Waals surface area contributed by atoms with Crippen molar-refractivity contribution < 1.29 is 4.39 Å². The topological polar surface area (TPSA) is 12.0 Å². The van der Waals surface area contributed by atoms with Gasteiger partial charge in [0.2, 0.25) is 0 Å². The third kappa shape index (κ3) is 3.46. The molecule has 0 saturated carbocycles. The molecule has 0 heterocycles. The fourth-order valence-corrected chi connectivity index (χ4v) is 1.90. The minimum atomic E-state index is -0.329. The van der Waals surface area contributed by atoms with Gasteiger partial charge in [0.25, 0.3) is 0 Å². The molecule has 0 spiro atoms. The second-order valence-corrected chi connectivity index (χ2v) is 4.44. The van der Waals surface area contributed by atoms with E-state index >= 15 is 0 Å². The molecule has 0 aromatic heterocycles. The van der Waals surface area contributed by atoms with Gasteiger partial charge in [-0.25, -0.2) is 4.39 Å². The third-order valence-corrected chi connectivity index (χ3v) is 2.66. The molecule has 0 saturated heterocycles. The molecule has 2 aromatic rings. The summed E-state index contributed by atoms with van der Waals surface area (Å²) in [6.07, 6.45) is 0. The lowest BCUT2D eigenvalue weighted by molar-refractivity contribution is 0.628. The molecule has 0 unspecified atom stereocenters. The largest absolute Gasteiger partial charge is 0.381 e. The number of halogens is 2. The predicted octanol–water partition coefficient (Wildman–Crippen LogP) is 4.40. The third-order valence-electron chi connectivity index (χ3n) is 2.44. The van der Waals surface area contributed by atoms with Crippen molar-refractivity contribution >= 4 is 17.3 Å². The Labute approximate surface area is 105 Å². The minimum Gasteiger partial charge on any atom is -0.381 e. The first-order valence-corrected chi connectivity index (χ1v) is 5.77. The molecule has 17 heavy (non-hydrogen) atoms. The first-order chi connectivity index (χ1) is 8.13. The van der Waals surface area contributed by atoms with Gasteiger partial charge in [0, 0.05) is 17.3 Å². The van der Waals surface area contributed by atoms with Crippen molar-refractivity contribution in [3.63, 3.8) is 0 Å². The highest BCUT2D eigenvalue weighted by molar-refractivity contribution is 6.30. The molecular weight excluding hydrogens is 237 g/mol. The highest BCUT2D eigenvalue weighted by Crippen LogP contribution is 2.18. The number of hydrogen-bond acceptors (Lipinski definition) is 1. The first-order valence-electron chi connectivity index (χ1n) is 5.39. The summed E-state index contributed by atoms with van der Waals surface area (Å²) in [5, 5.41) is 3.55. The molecule has 88 valence electrons. The second-order valence-electron chi connectivity index (χ2n) is 4.00. The van der Waals surface area contributed by atoms with Gasteiger partial charge in [-0.05, 0) is 30.7 Å². The van der Waals surface area contributed by atoms with E-state index in [0.29, 0.717) is 17.3 Å². The van der Waals surface area contributed by atoms with Gasteiger partial charge in [0.15, 0.2) is 0 Å². The maximum absolute atomic E-state index is 13.1. The number of rotatable bonds is 3. The summed E-state index contributed by atoms with van der Waals surface area (Å²) >= 11 is 5.78. The summed E-state index contributed by atoms with van der Waals surface area (Å²) in [4.78, 5) is 0. The summed E-state index contributed by atoms with van der Waals surface area (Å²) in [7, 11) is 0. The van der Waals surface area contributed by atoms with Crippen molar-refractivity contribution in [2.75, 3.05) is 5.32 Å². The fourth-order valence-electron chi connectivity index (χ4n) is 1.68. The van der Waals surface area contributed by atoms with Crippen LogP contribution in [0.3, 0.4) is 0 Å². The van der Waals surface area contributed by atoms with Gasteiger partial charge in [-0.1, -0.05) is 41.4 Å². The van der Waals surface area contributed by atoms with Crippen LogP contribution in [-0.4, -0.2) is 0 Å². The molecular formula is C14H13ClFN. The number of hydrogen-bond donors (Lipinski definition) is 1. The molecule has 0 bridgehead atoms. The molecule has 1 N–H and O–H groups in total. The normalized spacial score (nSPS) is 10.3. The highest BCUT2D eigenvalue weighted by atomic mass is 35.5. The SMILES string of the molecule is Cc1cccc(CNc2cc(F)cc(Cl)c2)c1. The highest BCUT2D eigenvalue weighted by Gasteiger charge is 1.99. The lowest BCUT2D eigenvalue weighted by Gasteiger charge is -2.07. The van der Waals surface area contributed by atoms with Crippen molar-refractivity contribution in [1.29, 1.82) is 0 Å². The van der Waals surface area contributed by atoms with Gasteiger partial charge in [-0.2, -0.15) is 0 Å². The Morgan fingerprint density at radius 3 is 2.71 bits per heavy atom. The minimum absolute atomic E-state index is 0.329. The number of anilines is 1. The van der Waals surface area contributed by atoms with E-state index in [4.69, 9.17) is 11.6 Å². The summed E-state index contributed by atoms with van der Waals surface area (Å²) < 4.78 is 13.1. The van der Waals surface area contributed by atoms with Gasteiger partial charge in [0.1, 0.15) is 5.82 Å².